The highest BCUT2D eigenvalue weighted by Crippen LogP contribution is 2.26. The Hall–Kier alpha value is -1.86. The second-order valence-electron chi connectivity index (χ2n) is 6.14. The maximum absolute atomic E-state index is 12.4. The van der Waals surface area contributed by atoms with E-state index in [1.165, 1.54) is 0 Å². The summed E-state index contributed by atoms with van der Waals surface area (Å²) in [5.74, 6) is 0. The summed E-state index contributed by atoms with van der Waals surface area (Å²) in [5, 5.41) is 7.16. The Bertz CT molecular complexity index is 615. The number of aromatic nitrogens is 2. The van der Waals surface area contributed by atoms with Gasteiger partial charge in [-0.25, -0.2) is 9.78 Å². The molecular weight excluding hydrogens is 324 g/mol. The average molecular weight is 348 g/mol. The van der Waals surface area contributed by atoms with Gasteiger partial charge in [-0.05, 0) is 42.2 Å². The fourth-order valence-corrected chi connectivity index (χ4v) is 3.61. The zero-order valence-electron chi connectivity index (χ0n) is 13.9. The summed E-state index contributed by atoms with van der Waals surface area (Å²) in [6, 6.07) is 2.08. The number of aryl methyl sites for hydroxylation is 1. The van der Waals surface area contributed by atoms with E-state index in [2.05, 4.69) is 26.3 Å². The van der Waals surface area contributed by atoms with Gasteiger partial charge < -0.3 is 19.5 Å². The smallest absolute Gasteiger partial charge is 0.317 e. The lowest BCUT2D eigenvalue weighted by molar-refractivity contribution is -0.0654. The second kappa shape index (κ2) is 8.30. The zero-order valence-corrected chi connectivity index (χ0v) is 14.7. The van der Waals surface area contributed by atoms with Gasteiger partial charge in [0.15, 0.2) is 0 Å². The van der Waals surface area contributed by atoms with Crippen LogP contribution in [0.15, 0.2) is 35.5 Å². The third-order valence-electron chi connectivity index (χ3n) is 4.14. The van der Waals surface area contributed by atoms with E-state index in [4.69, 9.17) is 4.74 Å². The Morgan fingerprint density at radius 3 is 3.12 bits per heavy atom. The second-order valence-corrected chi connectivity index (χ2v) is 6.92. The maximum atomic E-state index is 12.4. The Balaban J connectivity index is 1.40. The molecule has 2 atom stereocenters. The van der Waals surface area contributed by atoms with Crippen LogP contribution in [-0.2, 0) is 11.3 Å². The lowest BCUT2D eigenvalue weighted by Gasteiger charge is -2.36. The predicted molar refractivity (Wildman–Crippen MR) is 94.0 cm³/mol. The van der Waals surface area contributed by atoms with Gasteiger partial charge in [0, 0.05) is 32.0 Å². The van der Waals surface area contributed by atoms with Crippen LogP contribution >= 0.6 is 11.3 Å². The van der Waals surface area contributed by atoms with Gasteiger partial charge in [-0.15, -0.1) is 0 Å². The van der Waals surface area contributed by atoms with Crippen LogP contribution < -0.4 is 5.32 Å². The molecule has 2 amide bonds. The number of nitrogens with one attached hydrogen (secondary N) is 1. The van der Waals surface area contributed by atoms with Crippen molar-refractivity contribution in [2.45, 2.75) is 38.5 Å². The van der Waals surface area contributed by atoms with Gasteiger partial charge in [-0.2, -0.15) is 11.3 Å². The van der Waals surface area contributed by atoms with Crippen molar-refractivity contribution in [2.75, 3.05) is 19.6 Å². The minimum atomic E-state index is -0.0213. The average Bonchev–Trinajstić information content (AvgIpc) is 3.27. The Kier molecular flexibility index (Phi) is 5.87. The topological polar surface area (TPSA) is 59.4 Å². The van der Waals surface area contributed by atoms with Crippen molar-refractivity contribution in [3.63, 3.8) is 0 Å². The van der Waals surface area contributed by atoms with Gasteiger partial charge in [0.1, 0.15) is 6.10 Å². The number of ether oxygens (including phenoxy) is 1. The maximum Gasteiger partial charge on any atom is 0.317 e. The highest BCUT2D eigenvalue weighted by Gasteiger charge is 2.29. The minimum Gasteiger partial charge on any atom is -0.367 e. The predicted octanol–water partition coefficient (Wildman–Crippen LogP) is 2.90. The first kappa shape index (κ1) is 17.0. The largest absolute Gasteiger partial charge is 0.367 e. The minimum absolute atomic E-state index is 0.00742. The highest BCUT2D eigenvalue weighted by atomic mass is 32.1. The van der Waals surface area contributed by atoms with Crippen molar-refractivity contribution in [2.24, 2.45) is 0 Å². The number of morpholine rings is 1. The van der Waals surface area contributed by atoms with Crippen molar-refractivity contribution in [3.8, 4) is 0 Å². The molecule has 0 radical (unpaired) electrons. The molecule has 3 rings (SSSR count). The number of rotatable bonds is 6. The van der Waals surface area contributed by atoms with Gasteiger partial charge in [0.25, 0.3) is 0 Å². The number of carbonyl (C=O) groups excluding carboxylic acids is 1. The van der Waals surface area contributed by atoms with Crippen molar-refractivity contribution in [1.82, 2.24) is 19.8 Å². The number of unbranched alkanes of at least 4 members (excludes halogenated alkanes) is 1. The molecule has 7 heteroatoms. The normalized spacial score (nSPS) is 21.0. The molecule has 0 aromatic carbocycles. The Morgan fingerprint density at radius 1 is 1.46 bits per heavy atom. The van der Waals surface area contributed by atoms with Crippen LogP contribution in [0.2, 0.25) is 0 Å². The molecule has 24 heavy (non-hydrogen) atoms. The van der Waals surface area contributed by atoms with Crippen LogP contribution in [0.4, 0.5) is 4.79 Å². The summed E-state index contributed by atoms with van der Waals surface area (Å²) in [6.07, 6.45) is 7.57. The molecule has 2 aromatic rings. The number of amides is 2. The molecule has 6 nitrogen and oxygen atoms in total. The summed E-state index contributed by atoms with van der Waals surface area (Å²) in [6.45, 7) is 4.90. The summed E-state index contributed by atoms with van der Waals surface area (Å²) in [5.41, 5.74) is 1.16. The van der Waals surface area contributed by atoms with Crippen molar-refractivity contribution < 1.29 is 9.53 Å². The van der Waals surface area contributed by atoms with Gasteiger partial charge in [-0.1, -0.05) is 0 Å². The summed E-state index contributed by atoms with van der Waals surface area (Å²) in [7, 11) is 0. The molecule has 1 N–H and O–H groups in total. The number of hydrogen-bond donors (Lipinski definition) is 1. The van der Waals surface area contributed by atoms with Crippen LogP contribution in [-0.4, -0.2) is 46.2 Å². The number of urea groups is 1. The van der Waals surface area contributed by atoms with Crippen LogP contribution in [0, 0.1) is 0 Å². The molecular formula is C17H24N4O2S. The van der Waals surface area contributed by atoms with E-state index in [1.54, 1.807) is 17.5 Å². The van der Waals surface area contributed by atoms with Gasteiger partial charge in [0.2, 0.25) is 0 Å². The fourth-order valence-electron chi connectivity index (χ4n) is 2.91. The molecule has 1 saturated heterocycles. The first-order valence-electron chi connectivity index (χ1n) is 8.38. The van der Waals surface area contributed by atoms with Gasteiger partial charge in [-0.3, -0.25) is 0 Å². The van der Waals surface area contributed by atoms with Crippen LogP contribution in [0.5, 0.6) is 0 Å². The molecule has 0 bridgehead atoms. The van der Waals surface area contributed by atoms with E-state index >= 15 is 0 Å². The molecule has 1 aliphatic rings. The van der Waals surface area contributed by atoms with E-state index in [0.29, 0.717) is 19.6 Å². The number of imidazole rings is 1. The first-order valence-corrected chi connectivity index (χ1v) is 9.32. The molecule has 1 fully saturated rings. The standard InChI is InChI=1S/C17H24N4O2S/c1-14-10-21(11-16(23-14)15-4-9-24-12-15)17(22)19-5-2-3-7-20-8-6-18-13-20/h4,6,8-9,12-14,16H,2-3,5,7,10-11H2,1H3,(H,19,22)/t14-,16+/m0/s1. The van der Waals surface area contributed by atoms with Crippen LogP contribution in [0.25, 0.3) is 0 Å². The number of thiophene rings is 1. The molecule has 130 valence electrons. The number of carbonyl (C=O) groups is 1. The van der Waals surface area contributed by atoms with Crippen molar-refractivity contribution >= 4 is 17.4 Å². The van der Waals surface area contributed by atoms with Crippen molar-refractivity contribution in [3.05, 3.63) is 41.1 Å². The van der Waals surface area contributed by atoms with Gasteiger partial charge in [0.05, 0.1) is 19.0 Å². The first-order chi connectivity index (χ1) is 11.7. The van der Waals surface area contributed by atoms with E-state index in [0.717, 1.165) is 24.9 Å². The third-order valence-corrected chi connectivity index (χ3v) is 4.84. The van der Waals surface area contributed by atoms with Crippen LogP contribution in [0.3, 0.4) is 0 Å². The fraction of sp³-hybridized carbons (Fsp3) is 0.529. The van der Waals surface area contributed by atoms with E-state index < -0.39 is 0 Å². The molecule has 0 unspecified atom stereocenters. The summed E-state index contributed by atoms with van der Waals surface area (Å²) < 4.78 is 8.02. The molecule has 3 heterocycles. The molecule has 2 aromatic heterocycles. The summed E-state index contributed by atoms with van der Waals surface area (Å²) >= 11 is 1.66. The molecule has 1 aliphatic heterocycles. The monoisotopic (exact) mass is 348 g/mol. The van der Waals surface area contributed by atoms with Crippen molar-refractivity contribution in [1.29, 1.82) is 0 Å². The SMILES string of the molecule is C[C@H]1CN(C(=O)NCCCCn2ccnc2)C[C@H](c2ccsc2)O1. The van der Waals surface area contributed by atoms with Crippen LogP contribution in [0.1, 0.15) is 31.4 Å². The Labute approximate surface area is 146 Å². The molecule has 0 spiro atoms. The lowest BCUT2D eigenvalue weighted by Crippen LogP contribution is -2.50. The van der Waals surface area contributed by atoms with E-state index in [1.807, 2.05) is 29.7 Å². The van der Waals surface area contributed by atoms with Gasteiger partial charge >= 0.3 is 6.03 Å². The van der Waals surface area contributed by atoms with E-state index in [-0.39, 0.29) is 18.2 Å². The quantitative estimate of drug-likeness (QED) is 0.817. The number of hydrogen-bond acceptors (Lipinski definition) is 4. The zero-order chi connectivity index (χ0) is 16.8. The summed E-state index contributed by atoms with van der Waals surface area (Å²) in [4.78, 5) is 18.3. The third kappa shape index (κ3) is 4.58. The molecule has 0 aliphatic carbocycles. The Morgan fingerprint density at radius 2 is 2.38 bits per heavy atom. The number of nitrogens with zero attached hydrogens (tertiary/aromatic N) is 3. The highest BCUT2D eigenvalue weighted by molar-refractivity contribution is 7.07. The lowest BCUT2D eigenvalue weighted by atomic mass is 10.1. The molecule has 0 saturated carbocycles. The van der Waals surface area contributed by atoms with E-state index in [9.17, 15) is 4.79 Å².